The molecule has 2 aromatic carbocycles. The summed E-state index contributed by atoms with van der Waals surface area (Å²) in [5.41, 5.74) is 4.30. The first kappa shape index (κ1) is 20.3. The maximum Gasteiger partial charge on any atom is 0.261 e. The van der Waals surface area contributed by atoms with Gasteiger partial charge >= 0.3 is 0 Å². The Bertz CT molecular complexity index is 1130. The third kappa shape index (κ3) is 4.62. The minimum Gasteiger partial charge on any atom is -0.477 e. The first-order valence-corrected chi connectivity index (χ1v) is 11.7. The van der Waals surface area contributed by atoms with Gasteiger partial charge in [-0.25, -0.2) is 8.42 Å². The molecule has 156 valence electrons. The van der Waals surface area contributed by atoms with Crippen molar-refractivity contribution in [3.05, 3.63) is 65.7 Å². The number of nitrogens with one attached hydrogen (secondary N) is 1. The van der Waals surface area contributed by atoms with Crippen molar-refractivity contribution >= 4 is 15.7 Å². The van der Waals surface area contributed by atoms with Crippen molar-refractivity contribution in [3.8, 4) is 17.1 Å². The largest absolute Gasteiger partial charge is 0.477 e. The van der Waals surface area contributed by atoms with E-state index in [1.54, 1.807) is 36.4 Å². The van der Waals surface area contributed by atoms with Gasteiger partial charge in [-0.05, 0) is 73.6 Å². The number of ether oxygens (including phenoxy) is 1. The molecule has 0 aliphatic heterocycles. The van der Waals surface area contributed by atoms with Crippen LogP contribution in [0.2, 0.25) is 0 Å². The molecule has 1 heterocycles. The van der Waals surface area contributed by atoms with Crippen molar-refractivity contribution in [1.82, 2.24) is 10.2 Å². The average molecular weight is 424 g/mol. The second-order valence-electron chi connectivity index (χ2n) is 7.43. The predicted octanol–water partition coefficient (Wildman–Crippen LogP) is 4.61. The second-order valence-corrected chi connectivity index (χ2v) is 9.11. The standard InChI is InChI=1S/C23H25N3O3S/c1-2-14-29-23-13-12-22(24-25-23)19-8-5-9-20(15-19)26-30(27,28)21-11-10-17-6-3-4-7-18(17)16-21/h5,8-13,15-16,26H,2-4,6-7,14H2,1H3. The fourth-order valence-corrected chi connectivity index (χ4v) is 4.69. The summed E-state index contributed by atoms with van der Waals surface area (Å²) >= 11 is 0. The molecule has 0 radical (unpaired) electrons. The van der Waals surface area contributed by atoms with Crippen molar-refractivity contribution in [2.24, 2.45) is 0 Å². The molecule has 0 saturated carbocycles. The van der Waals surface area contributed by atoms with Crippen LogP contribution in [-0.2, 0) is 22.9 Å². The van der Waals surface area contributed by atoms with E-state index in [2.05, 4.69) is 14.9 Å². The van der Waals surface area contributed by atoms with E-state index >= 15 is 0 Å². The molecule has 3 aromatic rings. The highest BCUT2D eigenvalue weighted by molar-refractivity contribution is 7.92. The fourth-order valence-electron chi connectivity index (χ4n) is 3.59. The summed E-state index contributed by atoms with van der Waals surface area (Å²) in [4.78, 5) is 0.297. The van der Waals surface area contributed by atoms with Crippen molar-refractivity contribution < 1.29 is 13.2 Å². The van der Waals surface area contributed by atoms with E-state index in [4.69, 9.17) is 4.74 Å². The molecule has 0 amide bonds. The molecule has 7 heteroatoms. The van der Waals surface area contributed by atoms with Crippen LogP contribution in [0.5, 0.6) is 5.88 Å². The molecule has 0 spiro atoms. The van der Waals surface area contributed by atoms with E-state index in [1.807, 2.05) is 25.1 Å². The Morgan fingerprint density at radius 1 is 0.967 bits per heavy atom. The zero-order chi connectivity index (χ0) is 21.0. The lowest BCUT2D eigenvalue weighted by molar-refractivity contribution is 0.302. The topological polar surface area (TPSA) is 81.2 Å². The van der Waals surface area contributed by atoms with Gasteiger partial charge in [0.05, 0.1) is 17.2 Å². The Kier molecular flexibility index (Phi) is 5.99. The number of hydrogen-bond acceptors (Lipinski definition) is 5. The van der Waals surface area contributed by atoms with Gasteiger partial charge in [0, 0.05) is 17.3 Å². The minimum atomic E-state index is -3.67. The molecule has 1 aliphatic carbocycles. The first-order valence-electron chi connectivity index (χ1n) is 10.3. The van der Waals surface area contributed by atoms with Gasteiger partial charge in [0.1, 0.15) is 0 Å². The number of fused-ring (bicyclic) bond motifs is 1. The van der Waals surface area contributed by atoms with Crippen LogP contribution in [0.15, 0.2) is 59.5 Å². The number of nitrogens with zero attached hydrogens (tertiary/aromatic N) is 2. The van der Waals surface area contributed by atoms with Gasteiger partial charge in [0.15, 0.2) is 0 Å². The van der Waals surface area contributed by atoms with Crippen molar-refractivity contribution in [3.63, 3.8) is 0 Å². The lowest BCUT2D eigenvalue weighted by Gasteiger charge is -2.17. The van der Waals surface area contributed by atoms with Crippen LogP contribution in [0.3, 0.4) is 0 Å². The Labute approximate surface area is 177 Å². The Hall–Kier alpha value is -2.93. The summed E-state index contributed by atoms with van der Waals surface area (Å²) in [6.45, 7) is 2.62. The van der Waals surface area contributed by atoms with E-state index in [1.165, 1.54) is 12.0 Å². The molecule has 0 unspecified atom stereocenters. The summed E-state index contributed by atoms with van der Waals surface area (Å²) in [7, 11) is -3.67. The predicted molar refractivity (Wildman–Crippen MR) is 117 cm³/mol. The molecule has 6 nitrogen and oxygen atoms in total. The third-order valence-electron chi connectivity index (χ3n) is 5.13. The van der Waals surface area contributed by atoms with E-state index in [0.717, 1.165) is 36.8 Å². The second kappa shape index (κ2) is 8.83. The van der Waals surface area contributed by atoms with Gasteiger partial charge in [-0.1, -0.05) is 25.1 Å². The van der Waals surface area contributed by atoms with Gasteiger partial charge in [0.25, 0.3) is 10.0 Å². The number of aromatic nitrogens is 2. The fraction of sp³-hybridized carbons (Fsp3) is 0.304. The molecule has 0 saturated heterocycles. The lowest BCUT2D eigenvalue weighted by Crippen LogP contribution is -2.14. The molecule has 4 rings (SSSR count). The van der Waals surface area contributed by atoms with Gasteiger partial charge in [-0.2, -0.15) is 0 Å². The van der Waals surface area contributed by atoms with Crippen molar-refractivity contribution in [1.29, 1.82) is 0 Å². The molecular weight excluding hydrogens is 398 g/mol. The summed E-state index contributed by atoms with van der Waals surface area (Å²) in [6.07, 6.45) is 5.13. The molecule has 0 fully saturated rings. The molecule has 1 aliphatic rings. The van der Waals surface area contributed by atoms with Crippen LogP contribution >= 0.6 is 0 Å². The van der Waals surface area contributed by atoms with Gasteiger partial charge in [-0.3, -0.25) is 4.72 Å². The van der Waals surface area contributed by atoms with Crippen LogP contribution in [0.25, 0.3) is 11.3 Å². The zero-order valence-electron chi connectivity index (χ0n) is 17.0. The van der Waals surface area contributed by atoms with Crippen LogP contribution in [-0.4, -0.2) is 25.2 Å². The zero-order valence-corrected chi connectivity index (χ0v) is 17.8. The molecule has 1 N–H and O–H groups in total. The smallest absolute Gasteiger partial charge is 0.261 e. The van der Waals surface area contributed by atoms with Crippen LogP contribution < -0.4 is 9.46 Å². The Morgan fingerprint density at radius 3 is 2.57 bits per heavy atom. The van der Waals surface area contributed by atoms with Crippen LogP contribution in [0.1, 0.15) is 37.3 Å². The highest BCUT2D eigenvalue weighted by atomic mass is 32.2. The molecule has 30 heavy (non-hydrogen) atoms. The summed E-state index contributed by atoms with van der Waals surface area (Å²) in [5, 5.41) is 8.27. The molecule has 1 aromatic heterocycles. The molecule has 0 bridgehead atoms. The van der Waals surface area contributed by atoms with Crippen molar-refractivity contribution in [2.45, 2.75) is 43.9 Å². The number of aryl methyl sites for hydroxylation is 2. The minimum absolute atomic E-state index is 0.297. The highest BCUT2D eigenvalue weighted by Gasteiger charge is 2.18. The Morgan fingerprint density at radius 2 is 1.80 bits per heavy atom. The van der Waals surface area contributed by atoms with E-state index < -0.39 is 10.0 Å². The number of hydrogen-bond donors (Lipinski definition) is 1. The summed E-state index contributed by atoms with van der Waals surface area (Å²) in [5.74, 6) is 0.477. The van der Waals surface area contributed by atoms with E-state index in [9.17, 15) is 8.42 Å². The maximum atomic E-state index is 12.9. The lowest BCUT2D eigenvalue weighted by atomic mass is 9.92. The number of rotatable bonds is 7. The summed E-state index contributed by atoms with van der Waals surface area (Å²) < 4.78 is 34.0. The third-order valence-corrected chi connectivity index (χ3v) is 6.51. The van der Waals surface area contributed by atoms with E-state index in [0.29, 0.717) is 28.8 Å². The normalized spacial score (nSPS) is 13.5. The van der Waals surface area contributed by atoms with Crippen LogP contribution in [0.4, 0.5) is 5.69 Å². The number of sulfonamides is 1. The maximum absolute atomic E-state index is 12.9. The highest BCUT2D eigenvalue weighted by Crippen LogP contribution is 2.27. The van der Waals surface area contributed by atoms with Gasteiger partial charge in [-0.15, -0.1) is 10.2 Å². The van der Waals surface area contributed by atoms with Gasteiger partial charge in [0.2, 0.25) is 5.88 Å². The summed E-state index contributed by atoms with van der Waals surface area (Å²) in [6, 6.07) is 16.2. The molecular formula is C23H25N3O3S. The average Bonchev–Trinajstić information content (AvgIpc) is 2.77. The van der Waals surface area contributed by atoms with Gasteiger partial charge < -0.3 is 4.74 Å². The quantitative estimate of drug-likeness (QED) is 0.600. The van der Waals surface area contributed by atoms with E-state index in [-0.39, 0.29) is 0 Å². The van der Waals surface area contributed by atoms with Crippen LogP contribution in [0, 0.1) is 0 Å². The number of anilines is 1. The Balaban J connectivity index is 1.54. The first-order chi connectivity index (χ1) is 14.5. The SMILES string of the molecule is CCCOc1ccc(-c2cccc(NS(=O)(=O)c3ccc4c(c3)CCCC4)c2)nn1. The number of benzene rings is 2. The molecule has 0 atom stereocenters. The van der Waals surface area contributed by atoms with Crippen molar-refractivity contribution in [2.75, 3.05) is 11.3 Å². The monoisotopic (exact) mass is 423 g/mol.